The first-order valence-electron chi connectivity index (χ1n) is 7.77. The van der Waals surface area contributed by atoms with Crippen molar-refractivity contribution in [2.75, 3.05) is 12.4 Å². The Kier molecular flexibility index (Phi) is 3.19. The lowest BCUT2D eigenvalue weighted by Crippen LogP contribution is -2.44. The Morgan fingerprint density at radius 3 is 2.76 bits per heavy atom. The van der Waals surface area contributed by atoms with Gasteiger partial charge in [0.1, 0.15) is 0 Å². The van der Waals surface area contributed by atoms with Crippen molar-refractivity contribution in [3.05, 3.63) is 36.9 Å². The smallest absolute Gasteiger partial charge is 0.181 e. The molecule has 1 N–H and O–H groups in total. The zero-order valence-electron chi connectivity index (χ0n) is 12.3. The van der Waals surface area contributed by atoms with E-state index in [-0.39, 0.29) is 0 Å². The van der Waals surface area contributed by atoms with Crippen molar-refractivity contribution < 1.29 is 4.42 Å². The largest absolute Gasteiger partial charge is 0.444 e. The molecule has 2 aliphatic rings. The van der Waals surface area contributed by atoms with Gasteiger partial charge in [0.25, 0.3) is 0 Å². The number of hydrogen-bond acceptors (Lipinski definition) is 4. The third-order valence-electron chi connectivity index (χ3n) is 5.05. The van der Waals surface area contributed by atoms with E-state index in [0.717, 1.165) is 23.4 Å². The first-order valence-corrected chi connectivity index (χ1v) is 7.77. The molecule has 2 unspecified atom stereocenters. The van der Waals surface area contributed by atoms with E-state index in [4.69, 9.17) is 4.42 Å². The van der Waals surface area contributed by atoms with Crippen molar-refractivity contribution in [2.24, 2.45) is 0 Å². The lowest BCUT2D eigenvalue weighted by molar-refractivity contribution is 0.169. The number of nitrogens with zero attached hydrogens (tertiary/aromatic N) is 2. The van der Waals surface area contributed by atoms with Crippen LogP contribution in [0.15, 0.2) is 41.3 Å². The highest BCUT2D eigenvalue weighted by Gasteiger charge is 2.38. The SMILES string of the molecule is CN1C2CCC1CC(Nc1cccc(-c3cnco3)c1)C2. The van der Waals surface area contributed by atoms with Crippen molar-refractivity contribution in [2.45, 2.75) is 43.8 Å². The van der Waals surface area contributed by atoms with Crippen LogP contribution in [0, 0.1) is 0 Å². The molecule has 1 aromatic heterocycles. The van der Waals surface area contributed by atoms with Crippen LogP contribution in [0.2, 0.25) is 0 Å². The van der Waals surface area contributed by atoms with E-state index in [0.29, 0.717) is 6.04 Å². The number of aromatic nitrogens is 1. The molecule has 2 fully saturated rings. The molecule has 2 aliphatic heterocycles. The molecule has 21 heavy (non-hydrogen) atoms. The first-order chi connectivity index (χ1) is 10.3. The van der Waals surface area contributed by atoms with Crippen LogP contribution in [-0.4, -0.2) is 35.1 Å². The van der Waals surface area contributed by atoms with Gasteiger partial charge in [0.2, 0.25) is 0 Å². The Morgan fingerprint density at radius 2 is 2.05 bits per heavy atom. The summed E-state index contributed by atoms with van der Waals surface area (Å²) in [6, 6.07) is 10.5. The van der Waals surface area contributed by atoms with E-state index in [1.54, 1.807) is 6.20 Å². The minimum atomic E-state index is 0.587. The van der Waals surface area contributed by atoms with E-state index in [1.807, 2.05) is 0 Å². The molecule has 0 aliphatic carbocycles. The minimum absolute atomic E-state index is 0.587. The van der Waals surface area contributed by atoms with Gasteiger partial charge in [0, 0.05) is 29.4 Å². The van der Waals surface area contributed by atoms with Crippen LogP contribution >= 0.6 is 0 Å². The number of nitrogens with one attached hydrogen (secondary N) is 1. The molecule has 110 valence electrons. The molecule has 3 heterocycles. The second-order valence-corrected chi connectivity index (χ2v) is 6.31. The predicted molar refractivity (Wildman–Crippen MR) is 83.2 cm³/mol. The molecule has 0 saturated carbocycles. The summed E-state index contributed by atoms with van der Waals surface area (Å²) in [5, 5.41) is 3.72. The van der Waals surface area contributed by atoms with Gasteiger partial charge in [0.15, 0.2) is 12.2 Å². The standard InChI is InChI=1S/C17H21N3O/c1-20-15-5-6-16(20)9-14(8-15)19-13-4-2-3-12(7-13)17-10-18-11-21-17/h2-4,7,10-11,14-16,19H,5-6,8-9H2,1H3. The number of anilines is 1. The molecule has 4 heteroatoms. The van der Waals surface area contributed by atoms with Crippen LogP contribution in [0.25, 0.3) is 11.3 Å². The molecule has 2 bridgehead atoms. The predicted octanol–water partition coefficient (Wildman–Crippen LogP) is 3.38. The number of hydrogen-bond donors (Lipinski definition) is 1. The van der Waals surface area contributed by atoms with Gasteiger partial charge in [-0.3, -0.25) is 0 Å². The maximum Gasteiger partial charge on any atom is 0.181 e. The van der Waals surface area contributed by atoms with Crippen molar-refractivity contribution in [1.29, 1.82) is 0 Å². The minimum Gasteiger partial charge on any atom is -0.444 e. The zero-order valence-corrected chi connectivity index (χ0v) is 12.3. The molecule has 2 saturated heterocycles. The summed E-state index contributed by atoms with van der Waals surface area (Å²) in [5.74, 6) is 0.821. The Morgan fingerprint density at radius 1 is 1.24 bits per heavy atom. The van der Waals surface area contributed by atoms with E-state index < -0.39 is 0 Å². The average molecular weight is 283 g/mol. The normalized spacial score (nSPS) is 28.7. The molecule has 2 aromatic rings. The van der Waals surface area contributed by atoms with Crippen LogP contribution in [0.5, 0.6) is 0 Å². The maximum atomic E-state index is 5.38. The van der Waals surface area contributed by atoms with E-state index in [1.165, 1.54) is 37.8 Å². The highest BCUT2D eigenvalue weighted by Crippen LogP contribution is 2.35. The Balaban J connectivity index is 1.49. The van der Waals surface area contributed by atoms with Crippen molar-refractivity contribution >= 4 is 5.69 Å². The second kappa shape index (κ2) is 5.19. The molecule has 4 nitrogen and oxygen atoms in total. The van der Waals surface area contributed by atoms with Crippen LogP contribution in [0.1, 0.15) is 25.7 Å². The van der Waals surface area contributed by atoms with Gasteiger partial charge in [-0.05, 0) is 44.9 Å². The van der Waals surface area contributed by atoms with E-state index >= 15 is 0 Å². The molecule has 2 atom stereocenters. The van der Waals surface area contributed by atoms with E-state index in [2.05, 4.69) is 46.5 Å². The quantitative estimate of drug-likeness (QED) is 0.937. The fourth-order valence-electron chi connectivity index (χ4n) is 3.89. The number of oxazole rings is 1. The molecule has 0 amide bonds. The number of piperidine rings is 1. The van der Waals surface area contributed by atoms with Gasteiger partial charge in [-0.15, -0.1) is 0 Å². The third kappa shape index (κ3) is 2.44. The second-order valence-electron chi connectivity index (χ2n) is 6.31. The van der Waals surface area contributed by atoms with Crippen LogP contribution in [0.3, 0.4) is 0 Å². The number of fused-ring (bicyclic) bond motifs is 2. The van der Waals surface area contributed by atoms with Crippen LogP contribution in [-0.2, 0) is 0 Å². The lowest BCUT2D eigenvalue weighted by atomic mass is 9.97. The molecular formula is C17H21N3O. The highest BCUT2D eigenvalue weighted by atomic mass is 16.3. The van der Waals surface area contributed by atoms with Crippen molar-refractivity contribution in [3.8, 4) is 11.3 Å². The zero-order chi connectivity index (χ0) is 14.2. The highest BCUT2D eigenvalue weighted by molar-refractivity contribution is 5.63. The summed E-state index contributed by atoms with van der Waals surface area (Å²) in [7, 11) is 2.28. The molecule has 1 aromatic carbocycles. The summed E-state index contributed by atoms with van der Waals surface area (Å²) in [5.41, 5.74) is 2.26. The summed E-state index contributed by atoms with van der Waals surface area (Å²) in [6.45, 7) is 0. The number of benzene rings is 1. The molecule has 0 spiro atoms. The molecule has 0 radical (unpaired) electrons. The lowest BCUT2D eigenvalue weighted by Gasteiger charge is -2.37. The van der Waals surface area contributed by atoms with Crippen LogP contribution < -0.4 is 5.32 Å². The van der Waals surface area contributed by atoms with Gasteiger partial charge in [-0.25, -0.2) is 4.98 Å². The maximum absolute atomic E-state index is 5.38. The topological polar surface area (TPSA) is 41.3 Å². The van der Waals surface area contributed by atoms with Gasteiger partial charge < -0.3 is 14.6 Å². The summed E-state index contributed by atoms with van der Waals surface area (Å²) in [4.78, 5) is 6.56. The van der Waals surface area contributed by atoms with E-state index in [9.17, 15) is 0 Å². The molecular weight excluding hydrogens is 262 g/mol. The third-order valence-corrected chi connectivity index (χ3v) is 5.05. The monoisotopic (exact) mass is 283 g/mol. The van der Waals surface area contributed by atoms with Gasteiger partial charge in [-0.1, -0.05) is 12.1 Å². The Bertz CT molecular complexity index is 596. The average Bonchev–Trinajstić information content (AvgIpc) is 3.08. The number of rotatable bonds is 3. The summed E-state index contributed by atoms with van der Waals surface area (Å²) < 4.78 is 5.38. The van der Waals surface area contributed by atoms with Crippen molar-refractivity contribution in [1.82, 2.24) is 9.88 Å². The summed E-state index contributed by atoms with van der Waals surface area (Å²) in [6.07, 6.45) is 8.45. The molecule has 4 rings (SSSR count). The first kappa shape index (κ1) is 12.9. The van der Waals surface area contributed by atoms with Gasteiger partial charge in [-0.2, -0.15) is 0 Å². The fourth-order valence-corrected chi connectivity index (χ4v) is 3.89. The van der Waals surface area contributed by atoms with Gasteiger partial charge >= 0.3 is 0 Å². The Hall–Kier alpha value is -1.81. The van der Waals surface area contributed by atoms with Gasteiger partial charge in [0.05, 0.1) is 6.20 Å². The van der Waals surface area contributed by atoms with Crippen molar-refractivity contribution in [3.63, 3.8) is 0 Å². The summed E-state index contributed by atoms with van der Waals surface area (Å²) >= 11 is 0. The Labute approximate surface area is 125 Å². The van der Waals surface area contributed by atoms with Crippen LogP contribution in [0.4, 0.5) is 5.69 Å². The fraction of sp³-hybridized carbons (Fsp3) is 0.471.